The smallest absolute Gasteiger partial charge is 0.258 e. The Kier molecular flexibility index (Phi) is 5.34. The van der Waals surface area contributed by atoms with Crippen molar-refractivity contribution < 1.29 is 14.3 Å². The van der Waals surface area contributed by atoms with Crippen LogP contribution in [0.3, 0.4) is 0 Å². The van der Waals surface area contributed by atoms with E-state index in [1.54, 1.807) is 34.5 Å². The number of rotatable bonds is 4. The number of hydrogen-bond donors (Lipinski definition) is 1. The lowest BCUT2D eigenvalue weighted by atomic mass is 10.1. The first kappa shape index (κ1) is 18.9. The third-order valence-corrected chi connectivity index (χ3v) is 6.33. The molecule has 1 aromatic carbocycles. The Bertz CT molecular complexity index is 1030. The maximum Gasteiger partial charge on any atom is 0.258 e. The number of amides is 2. The summed E-state index contributed by atoms with van der Waals surface area (Å²) in [5.41, 5.74) is 1.98. The van der Waals surface area contributed by atoms with E-state index in [1.165, 1.54) is 29.8 Å². The third kappa shape index (κ3) is 3.76. The molecule has 6 nitrogen and oxygen atoms in total. The van der Waals surface area contributed by atoms with E-state index < -0.39 is 0 Å². The number of halogens is 1. The summed E-state index contributed by atoms with van der Waals surface area (Å²) < 4.78 is 5.30. The molecular weight excluding hydrogens is 418 g/mol. The van der Waals surface area contributed by atoms with Gasteiger partial charge in [0.05, 0.1) is 30.5 Å². The van der Waals surface area contributed by atoms with Gasteiger partial charge in [0.1, 0.15) is 5.75 Å². The molecule has 0 radical (unpaired) electrons. The summed E-state index contributed by atoms with van der Waals surface area (Å²) in [6.45, 7) is 0.985. The summed E-state index contributed by atoms with van der Waals surface area (Å²) in [6.07, 6.45) is 0.634. The van der Waals surface area contributed by atoms with Crippen LogP contribution in [0.25, 0.3) is 0 Å². The molecule has 144 valence electrons. The van der Waals surface area contributed by atoms with Gasteiger partial charge in [0.15, 0.2) is 5.13 Å². The van der Waals surface area contributed by atoms with Gasteiger partial charge in [0.25, 0.3) is 11.8 Å². The molecular formula is C19H16ClN3O3S2. The molecule has 0 aliphatic carbocycles. The first-order chi connectivity index (χ1) is 13.5. The van der Waals surface area contributed by atoms with Crippen LogP contribution < -0.4 is 10.1 Å². The molecule has 1 aliphatic rings. The zero-order valence-electron chi connectivity index (χ0n) is 14.9. The number of methoxy groups -OCH3 is 1. The maximum atomic E-state index is 13.0. The second-order valence-electron chi connectivity index (χ2n) is 6.18. The van der Waals surface area contributed by atoms with Crippen LogP contribution in [-0.4, -0.2) is 35.4 Å². The van der Waals surface area contributed by atoms with Crippen LogP contribution in [0.2, 0.25) is 5.02 Å². The Labute approximate surface area is 174 Å². The van der Waals surface area contributed by atoms with Crippen molar-refractivity contribution in [1.82, 2.24) is 9.88 Å². The minimum atomic E-state index is -0.177. The van der Waals surface area contributed by atoms with Crippen molar-refractivity contribution in [3.63, 3.8) is 0 Å². The van der Waals surface area contributed by atoms with Crippen LogP contribution in [0.15, 0.2) is 35.0 Å². The van der Waals surface area contributed by atoms with Crippen LogP contribution in [-0.2, 0) is 13.0 Å². The van der Waals surface area contributed by atoms with Gasteiger partial charge in [-0.05, 0) is 29.6 Å². The molecule has 1 aliphatic heterocycles. The molecule has 28 heavy (non-hydrogen) atoms. The predicted octanol–water partition coefficient (Wildman–Crippen LogP) is 4.32. The molecule has 0 spiro atoms. The van der Waals surface area contributed by atoms with Gasteiger partial charge in [0.2, 0.25) is 0 Å². The van der Waals surface area contributed by atoms with Gasteiger partial charge in [-0.1, -0.05) is 22.9 Å². The second-order valence-corrected chi connectivity index (χ2v) is 8.48. The Balaban J connectivity index is 1.51. The van der Waals surface area contributed by atoms with Crippen molar-refractivity contribution in [2.45, 2.75) is 13.0 Å². The summed E-state index contributed by atoms with van der Waals surface area (Å²) in [5, 5.41) is 7.52. The normalized spacial score (nSPS) is 13.1. The van der Waals surface area contributed by atoms with Crippen molar-refractivity contribution >= 4 is 51.2 Å². The van der Waals surface area contributed by atoms with E-state index in [-0.39, 0.29) is 11.8 Å². The average molecular weight is 434 g/mol. The van der Waals surface area contributed by atoms with Crippen LogP contribution in [0.1, 0.15) is 31.3 Å². The highest BCUT2D eigenvalue weighted by atomic mass is 35.5. The number of fused-ring (bicyclic) bond motifs is 1. The lowest BCUT2D eigenvalue weighted by molar-refractivity contribution is 0.0732. The Morgan fingerprint density at radius 2 is 2.18 bits per heavy atom. The number of thiazole rings is 1. The number of carbonyl (C=O) groups is 2. The van der Waals surface area contributed by atoms with Gasteiger partial charge in [-0.25, -0.2) is 4.98 Å². The number of hydrogen-bond acceptors (Lipinski definition) is 6. The Morgan fingerprint density at radius 3 is 2.93 bits per heavy atom. The average Bonchev–Trinajstić information content (AvgIpc) is 3.36. The molecule has 4 rings (SSSR count). The van der Waals surface area contributed by atoms with Gasteiger partial charge in [-0.15, -0.1) is 0 Å². The van der Waals surface area contributed by atoms with Crippen molar-refractivity contribution in [1.29, 1.82) is 0 Å². The maximum absolute atomic E-state index is 13.0. The molecule has 0 bridgehead atoms. The SMILES string of the molecule is COc1ccc(Cl)cc1C(=O)N1CCc2nc(NC(=O)c3ccsc3)sc2C1. The summed E-state index contributed by atoms with van der Waals surface area (Å²) in [5.74, 6) is 0.180. The van der Waals surface area contributed by atoms with E-state index >= 15 is 0 Å². The highest BCUT2D eigenvalue weighted by molar-refractivity contribution is 7.16. The van der Waals surface area contributed by atoms with E-state index in [2.05, 4.69) is 10.3 Å². The number of thiophene rings is 1. The molecule has 2 aromatic heterocycles. The minimum absolute atomic E-state index is 0.137. The van der Waals surface area contributed by atoms with Crippen molar-refractivity contribution in [3.8, 4) is 5.75 Å². The molecule has 0 saturated carbocycles. The first-order valence-electron chi connectivity index (χ1n) is 8.50. The van der Waals surface area contributed by atoms with E-state index in [0.717, 1.165) is 10.6 Å². The number of carbonyl (C=O) groups excluding carboxylic acids is 2. The molecule has 0 fully saturated rings. The van der Waals surface area contributed by atoms with E-state index in [1.807, 2.05) is 5.38 Å². The van der Waals surface area contributed by atoms with E-state index in [4.69, 9.17) is 16.3 Å². The van der Waals surface area contributed by atoms with Crippen LogP contribution >= 0.6 is 34.3 Å². The zero-order chi connectivity index (χ0) is 19.7. The van der Waals surface area contributed by atoms with Crippen LogP contribution in [0.5, 0.6) is 5.75 Å². The summed E-state index contributed by atoms with van der Waals surface area (Å²) in [7, 11) is 1.53. The number of aromatic nitrogens is 1. The van der Waals surface area contributed by atoms with Gasteiger partial charge in [0, 0.05) is 28.2 Å². The quantitative estimate of drug-likeness (QED) is 0.665. The third-order valence-electron chi connectivity index (χ3n) is 4.41. The van der Waals surface area contributed by atoms with E-state index in [9.17, 15) is 9.59 Å². The highest BCUT2D eigenvalue weighted by Crippen LogP contribution is 2.31. The monoisotopic (exact) mass is 433 g/mol. The lowest BCUT2D eigenvalue weighted by Gasteiger charge is -2.26. The molecule has 1 N–H and O–H groups in total. The number of nitrogens with zero attached hydrogens (tertiary/aromatic N) is 2. The zero-order valence-corrected chi connectivity index (χ0v) is 17.3. The molecule has 3 heterocycles. The van der Waals surface area contributed by atoms with Crippen molar-refractivity contribution in [2.24, 2.45) is 0 Å². The second kappa shape index (κ2) is 7.90. The number of anilines is 1. The fourth-order valence-electron chi connectivity index (χ4n) is 3.00. The van der Waals surface area contributed by atoms with Gasteiger partial charge >= 0.3 is 0 Å². The van der Waals surface area contributed by atoms with Crippen LogP contribution in [0.4, 0.5) is 5.13 Å². The largest absolute Gasteiger partial charge is 0.496 e. The van der Waals surface area contributed by atoms with Gasteiger partial charge in [-0.2, -0.15) is 11.3 Å². The van der Waals surface area contributed by atoms with Crippen molar-refractivity contribution in [2.75, 3.05) is 19.0 Å². The number of benzene rings is 1. The molecule has 3 aromatic rings. The number of nitrogens with one attached hydrogen (secondary N) is 1. The minimum Gasteiger partial charge on any atom is -0.496 e. The Hall–Kier alpha value is -2.42. The van der Waals surface area contributed by atoms with Gasteiger partial charge in [-0.3, -0.25) is 14.9 Å². The topological polar surface area (TPSA) is 71.5 Å². The molecule has 0 saturated heterocycles. The fraction of sp³-hybridized carbons (Fsp3) is 0.211. The first-order valence-corrected chi connectivity index (χ1v) is 10.6. The highest BCUT2D eigenvalue weighted by Gasteiger charge is 2.27. The predicted molar refractivity (Wildman–Crippen MR) is 111 cm³/mol. The molecule has 0 atom stereocenters. The van der Waals surface area contributed by atoms with E-state index in [0.29, 0.717) is 46.5 Å². The van der Waals surface area contributed by atoms with Crippen LogP contribution in [0, 0.1) is 0 Å². The fourth-order valence-corrected chi connectivity index (χ4v) is 4.83. The Morgan fingerprint density at radius 1 is 1.32 bits per heavy atom. The standard InChI is InChI=1S/C19H16ClN3O3S2/c1-26-15-3-2-12(20)8-13(15)18(25)23-6-4-14-16(9-23)28-19(21-14)22-17(24)11-5-7-27-10-11/h2-3,5,7-8,10H,4,6,9H2,1H3,(H,21,22,24). The summed E-state index contributed by atoms with van der Waals surface area (Å²) >= 11 is 8.93. The summed E-state index contributed by atoms with van der Waals surface area (Å²) in [4.78, 5) is 32.4. The summed E-state index contributed by atoms with van der Waals surface area (Å²) in [6, 6.07) is 6.77. The lowest BCUT2D eigenvalue weighted by Crippen LogP contribution is -2.35. The molecule has 2 amide bonds. The van der Waals surface area contributed by atoms with Crippen molar-refractivity contribution in [3.05, 3.63) is 61.7 Å². The van der Waals surface area contributed by atoms with Gasteiger partial charge < -0.3 is 9.64 Å². The molecule has 0 unspecified atom stereocenters. The molecule has 9 heteroatoms. The number of ether oxygens (including phenoxy) is 1.